The van der Waals surface area contributed by atoms with E-state index in [-0.39, 0.29) is 0 Å². The summed E-state index contributed by atoms with van der Waals surface area (Å²) >= 11 is 0. The van der Waals surface area contributed by atoms with Gasteiger partial charge in [0, 0.05) is 19.1 Å². The first-order chi connectivity index (χ1) is 7.90. The SMILES string of the molecule is CCN(CCNCC1CCCNC1)C1CC1. The number of rotatable bonds is 7. The molecule has 1 saturated carbocycles. The predicted molar refractivity (Wildman–Crippen MR) is 68.7 cm³/mol. The van der Waals surface area contributed by atoms with Crippen LogP contribution in [0.15, 0.2) is 0 Å². The van der Waals surface area contributed by atoms with E-state index in [0.717, 1.165) is 12.0 Å². The Morgan fingerprint density at radius 3 is 2.81 bits per heavy atom. The van der Waals surface area contributed by atoms with Crippen LogP contribution < -0.4 is 10.6 Å². The van der Waals surface area contributed by atoms with Crippen LogP contribution in [0.1, 0.15) is 32.6 Å². The van der Waals surface area contributed by atoms with Crippen LogP contribution in [0.25, 0.3) is 0 Å². The minimum atomic E-state index is 0.866. The highest BCUT2D eigenvalue weighted by Gasteiger charge is 2.27. The standard InChI is InChI=1S/C13H27N3/c1-2-16(13-5-6-13)9-8-15-11-12-4-3-7-14-10-12/h12-15H,2-11H2,1H3. The summed E-state index contributed by atoms with van der Waals surface area (Å²) in [4.78, 5) is 2.62. The van der Waals surface area contributed by atoms with Crippen molar-refractivity contribution in [3.63, 3.8) is 0 Å². The minimum absolute atomic E-state index is 0.866. The van der Waals surface area contributed by atoms with Crippen LogP contribution in [0.3, 0.4) is 0 Å². The average molecular weight is 225 g/mol. The molecule has 2 fully saturated rings. The van der Waals surface area contributed by atoms with Crippen LogP contribution >= 0.6 is 0 Å². The van der Waals surface area contributed by atoms with Crippen molar-refractivity contribution >= 4 is 0 Å². The molecule has 16 heavy (non-hydrogen) atoms. The summed E-state index contributed by atoms with van der Waals surface area (Å²) in [7, 11) is 0. The Kier molecular flexibility index (Phi) is 5.07. The van der Waals surface area contributed by atoms with Crippen molar-refractivity contribution in [3.05, 3.63) is 0 Å². The van der Waals surface area contributed by atoms with Crippen molar-refractivity contribution in [2.75, 3.05) is 39.3 Å². The normalized spacial score (nSPS) is 26.2. The Labute approximate surface area is 100.0 Å². The number of piperidine rings is 1. The van der Waals surface area contributed by atoms with Crippen LogP contribution in [0.4, 0.5) is 0 Å². The molecule has 1 saturated heterocycles. The smallest absolute Gasteiger partial charge is 0.0110 e. The molecule has 2 rings (SSSR count). The summed E-state index contributed by atoms with van der Waals surface area (Å²) in [5, 5.41) is 7.09. The van der Waals surface area contributed by atoms with Gasteiger partial charge in [0.1, 0.15) is 0 Å². The molecule has 1 heterocycles. The van der Waals surface area contributed by atoms with Crippen LogP contribution in [0, 0.1) is 5.92 Å². The third-order valence-electron chi connectivity index (χ3n) is 3.88. The summed E-state index contributed by atoms with van der Waals surface area (Å²) < 4.78 is 0. The lowest BCUT2D eigenvalue weighted by molar-refractivity contribution is 0.271. The van der Waals surface area contributed by atoms with E-state index in [0.29, 0.717) is 0 Å². The van der Waals surface area contributed by atoms with E-state index < -0.39 is 0 Å². The van der Waals surface area contributed by atoms with Crippen LogP contribution in [-0.4, -0.2) is 50.2 Å². The maximum atomic E-state index is 3.62. The second-order valence-electron chi connectivity index (χ2n) is 5.28. The topological polar surface area (TPSA) is 27.3 Å². The third kappa shape index (κ3) is 4.04. The molecule has 94 valence electrons. The van der Waals surface area contributed by atoms with Gasteiger partial charge in [0.2, 0.25) is 0 Å². The van der Waals surface area contributed by atoms with Gasteiger partial charge >= 0.3 is 0 Å². The highest BCUT2D eigenvalue weighted by Crippen LogP contribution is 2.25. The van der Waals surface area contributed by atoms with E-state index in [9.17, 15) is 0 Å². The molecule has 0 spiro atoms. The number of hydrogen-bond acceptors (Lipinski definition) is 3. The first-order valence-corrected chi connectivity index (χ1v) is 7.05. The first kappa shape index (κ1) is 12.3. The van der Waals surface area contributed by atoms with Gasteiger partial charge in [0.15, 0.2) is 0 Å². The molecular weight excluding hydrogens is 198 g/mol. The van der Waals surface area contributed by atoms with E-state index in [1.807, 2.05) is 0 Å². The molecule has 0 radical (unpaired) electrons. The molecule has 3 nitrogen and oxygen atoms in total. The summed E-state index contributed by atoms with van der Waals surface area (Å²) in [5.74, 6) is 0.866. The summed E-state index contributed by atoms with van der Waals surface area (Å²) in [6, 6.07) is 0.920. The second-order valence-corrected chi connectivity index (χ2v) is 5.28. The van der Waals surface area contributed by atoms with Gasteiger partial charge < -0.3 is 10.6 Å². The molecule has 0 aromatic carbocycles. The molecule has 1 unspecified atom stereocenters. The van der Waals surface area contributed by atoms with Crippen molar-refractivity contribution in [1.29, 1.82) is 0 Å². The van der Waals surface area contributed by atoms with E-state index in [2.05, 4.69) is 22.5 Å². The first-order valence-electron chi connectivity index (χ1n) is 7.05. The van der Waals surface area contributed by atoms with Gasteiger partial charge in [-0.1, -0.05) is 6.92 Å². The zero-order valence-corrected chi connectivity index (χ0v) is 10.7. The lowest BCUT2D eigenvalue weighted by atomic mass is 10.00. The molecular formula is C13H27N3. The van der Waals surface area contributed by atoms with Gasteiger partial charge in [-0.3, -0.25) is 4.90 Å². The molecule has 1 atom stereocenters. The Balaban J connectivity index is 1.50. The number of hydrogen-bond donors (Lipinski definition) is 2. The lowest BCUT2D eigenvalue weighted by Crippen LogP contribution is -2.39. The van der Waals surface area contributed by atoms with Crippen LogP contribution in [-0.2, 0) is 0 Å². The fraction of sp³-hybridized carbons (Fsp3) is 1.00. The molecule has 2 N–H and O–H groups in total. The molecule has 0 amide bonds. The second kappa shape index (κ2) is 6.58. The minimum Gasteiger partial charge on any atom is -0.316 e. The largest absolute Gasteiger partial charge is 0.316 e. The Hall–Kier alpha value is -0.120. The summed E-state index contributed by atoms with van der Waals surface area (Å²) in [6.45, 7) is 9.55. The van der Waals surface area contributed by atoms with E-state index in [4.69, 9.17) is 0 Å². The van der Waals surface area contributed by atoms with E-state index >= 15 is 0 Å². The van der Waals surface area contributed by atoms with E-state index in [1.165, 1.54) is 65.0 Å². The summed E-state index contributed by atoms with van der Waals surface area (Å²) in [6.07, 6.45) is 5.62. The average Bonchev–Trinajstić information content (AvgIpc) is 3.15. The Bertz CT molecular complexity index is 186. The van der Waals surface area contributed by atoms with Gasteiger partial charge in [-0.2, -0.15) is 0 Å². The maximum Gasteiger partial charge on any atom is 0.0110 e. The lowest BCUT2D eigenvalue weighted by Gasteiger charge is -2.24. The van der Waals surface area contributed by atoms with Crippen molar-refractivity contribution in [2.24, 2.45) is 5.92 Å². The van der Waals surface area contributed by atoms with Gasteiger partial charge in [0.05, 0.1) is 0 Å². The van der Waals surface area contributed by atoms with Gasteiger partial charge in [-0.25, -0.2) is 0 Å². The van der Waals surface area contributed by atoms with Crippen molar-refractivity contribution in [1.82, 2.24) is 15.5 Å². The van der Waals surface area contributed by atoms with Crippen molar-refractivity contribution in [3.8, 4) is 0 Å². The Morgan fingerprint density at radius 1 is 1.31 bits per heavy atom. The fourth-order valence-electron chi connectivity index (χ4n) is 2.67. The molecule has 2 aliphatic rings. The van der Waals surface area contributed by atoms with Crippen molar-refractivity contribution in [2.45, 2.75) is 38.6 Å². The molecule has 1 aliphatic carbocycles. The van der Waals surface area contributed by atoms with Gasteiger partial charge in [-0.05, 0) is 57.8 Å². The highest BCUT2D eigenvalue weighted by atomic mass is 15.2. The molecule has 3 heteroatoms. The van der Waals surface area contributed by atoms with Crippen molar-refractivity contribution < 1.29 is 0 Å². The number of likely N-dealkylation sites (N-methyl/N-ethyl adjacent to an activating group) is 1. The maximum absolute atomic E-state index is 3.62. The number of nitrogens with zero attached hydrogens (tertiary/aromatic N) is 1. The van der Waals surface area contributed by atoms with Crippen LogP contribution in [0.5, 0.6) is 0 Å². The molecule has 0 aromatic heterocycles. The zero-order chi connectivity index (χ0) is 11.2. The zero-order valence-electron chi connectivity index (χ0n) is 10.7. The highest BCUT2D eigenvalue weighted by molar-refractivity contribution is 4.84. The monoisotopic (exact) mass is 225 g/mol. The van der Waals surface area contributed by atoms with Gasteiger partial charge in [0.25, 0.3) is 0 Å². The fourth-order valence-corrected chi connectivity index (χ4v) is 2.67. The predicted octanol–water partition coefficient (Wildman–Crippen LogP) is 1.06. The van der Waals surface area contributed by atoms with Crippen LogP contribution in [0.2, 0.25) is 0 Å². The third-order valence-corrected chi connectivity index (χ3v) is 3.88. The van der Waals surface area contributed by atoms with Gasteiger partial charge in [-0.15, -0.1) is 0 Å². The number of nitrogens with one attached hydrogen (secondary N) is 2. The summed E-state index contributed by atoms with van der Waals surface area (Å²) in [5.41, 5.74) is 0. The Morgan fingerprint density at radius 2 is 2.19 bits per heavy atom. The molecule has 1 aliphatic heterocycles. The quantitative estimate of drug-likeness (QED) is 0.635. The molecule has 0 aromatic rings. The van der Waals surface area contributed by atoms with E-state index in [1.54, 1.807) is 0 Å². The molecule has 0 bridgehead atoms.